The van der Waals surface area contributed by atoms with Crippen molar-refractivity contribution in [3.05, 3.63) is 29.6 Å². The van der Waals surface area contributed by atoms with Gasteiger partial charge in [0.15, 0.2) is 0 Å². The molecule has 1 aliphatic heterocycles. The van der Waals surface area contributed by atoms with Gasteiger partial charge in [-0.3, -0.25) is 0 Å². The lowest BCUT2D eigenvalue weighted by atomic mass is 9.93. The van der Waals surface area contributed by atoms with Crippen molar-refractivity contribution in [1.29, 1.82) is 5.26 Å². The van der Waals surface area contributed by atoms with E-state index in [1.807, 2.05) is 6.07 Å². The molecule has 4 heteroatoms. The van der Waals surface area contributed by atoms with E-state index in [0.717, 1.165) is 25.1 Å². The van der Waals surface area contributed by atoms with Gasteiger partial charge in [-0.15, -0.1) is 0 Å². The highest BCUT2D eigenvalue weighted by atomic mass is 19.1. The second-order valence-corrected chi connectivity index (χ2v) is 4.99. The van der Waals surface area contributed by atoms with Crippen LogP contribution in [0.2, 0.25) is 0 Å². The van der Waals surface area contributed by atoms with Crippen LogP contribution in [-0.4, -0.2) is 19.1 Å². The quantitative estimate of drug-likeness (QED) is 0.872. The van der Waals surface area contributed by atoms with Crippen molar-refractivity contribution < 1.29 is 4.39 Å². The normalized spacial score (nSPS) is 23.8. The Morgan fingerprint density at radius 1 is 1.44 bits per heavy atom. The van der Waals surface area contributed by atoms with Gasteiger partial charge < -0.3 is 10.6 Å². The van der Waals surface area contributed by atoms with Crippen molar-refractivity contribution in [3.8, 4) is 6.07 Å². The second-order valence-electron chi connectivity index (χ2n) is 4.99. The lowest BCUT2D eigenvalue weighted by molar-refractivity contribution is 0.373. The number of nitriles is 1. The predicted octanol–water partition coefficient (Wildman–Crippen LogP) is 2.26. The molecule has 96 valence electrons. The smallest absolute Gasteiger partial charge is 0.126 e. The second kappa shape index (κ2) is 5.36. The molecule has 1 aromatic carbocycles. The van der Waals surface area contributed by atoms with Crippen LogP contribution >= 0.6 is 0 Å². The zero-order valence-electron chi connectivity index (χ0n) is 10.6. The van der Waals surface area contributed by atoms with Gasteiger partial charge in [0.25, 0.3) is 0 Å². The Kier molecular flexibility index (Phi) is 3.83. The van der Waals surface area contributed by atoms with E-state index in [1.54, 1.807) is 6.07 Å². The maximum atomic E-state index is 13.5. The van der Waals surface area contributed by atoms with E-state index in [4.69, 9.17) is 11.0 Å². The van der Waals surface area contributed by atoms with Crippen molar-refractivity contribution in [2.45, 2.75) is 25.8 Å². The van der Waals surface area contributed by atoms with Gasteiger partial charge in [0.05, 0.1) is 11.6 Å². The number of piperidine rings is 1. The maximum Gasteiger partial charge on any atom is 0.126 e. The first kappa shape index (κ1) is 12.8. The largest absolute Gasteiger partial charge is 0.368 e. The molecule has 2 unspecified atom stereocenters. The van der Waals surface area contributed by atoms with Crippen molar-refractivity contribution in [2.75, 3.05) is 18.0 Å². The topological polar surface area (TPSA) is 53.0 Å². The van der Waals surface area contributed by atoms with Crippen LogP contribution in [0.4, 0.5) is 10.1 Å². The van der Waals surface area contributed by atoms with E-state index in [0.29, 0.717) is 24.1 Å². The average Bonchev–Trinajstić information content (AvgIpc) is 2.38. The Hall–Kier alpha value is -1.60. The zero-order chi connectivity index (χ0) is 13.1. The van der Waals surface area contributed by atoms with Crippen molar-refractivity contribution in [3.63, 3.8) is 0 Å². The number of rotatable bonds is 2. The van der Waals surface area contributed by atoms with Crippen LogP contribution in [0.1, 0.15) is 25.3 Å². The lowest BCUT2D eigenvalue weighted by Gasteiger charge is -2.39. The van der Waals surface area contributed by atoms with Gasteiger partial charge >= 0.3 is 0 Å². The average molecular weight is 247 g/mol. The van der Waals surface area contributed by atoms with Gasteiger partial charge in [0, 0.05) is 18.3 Å². The fraction of sp³-hybridized carbons (Fsp3) is 0.500. The summed E-state index contributed by atoms with van der Waals surface area (Å²) in [5.41, 5.74) is 6.88. The molecule has 2 rings (SSSR count). The summed E-state index contributed by atoms with van der Waals surface area (Å²) < 4.78 is 13.5. The number of hydrogen-bond donors (Lipinski definition) is 1. The third-order valence-corrected chi connectivity index (χ3v) is 3.66. The summed E-state index contributed by atoms with van der Waals surface area (Å²) in [5, 5.41) is 8.89. The van der Waals surface area contributed by atoms with Crippen LogP contribution in [0.15, 0.2) is 18.2 Å². The SMILES string of the molecule is CC1CCC(CN)CN1c1cc(F)cc(C#N)c1. The fourth-order valence-corrected chi connectivity index (χ4v) is 2.54. The Bertz CT molecular complexity index is 467. The van der Waals surface area contributed by atoms with Gasteiger partial charge in [-0.05, 0) is 50.4 Å². The van der Waals surface area contributed by atoms with Gasteiger partial charge in [-0.25, -0.2) is 4.39 Å². The van der Waals surface area contributed by atoms with Crippen LogP contribution in [0.25, 0.3) is 0 Å². The van der Waals surface area contributed by atoms with E-state index >= 15 is 0 Å². The highest BCUT2D eigenvalue weighted by Gasteiger charge is 2.25. The number of anilines is 1. The molecule has 1 fully saturated rings. The molecule has 2 atom stereocenters. The molecule has 1 heterocycles. The summed E-state index contributed by atoms with van der Waals surface area (Å²) in [6.07, 6.45) is 2.18. The Morgan fingerprint density at radius 2 is 2.22 bits per heavy atom. The van der Waals surface area contributed by atoms with Crippen LogP contribution in [0.3, 0.4) is 0 Å². The summed E-state index contributed by atoms with van der Waals surface area (Å²) in [7, 11) is 0. The molecule has 3 nitrogen and oxygen atoms in total. The number of hydrogen-bond acceptors (Lipinski definition) is 3. The highest BCUT2D eigenvalue weighted by molar-refractivity contribution is 5.53. The first-order valence-corrected chi connectivity index (χ1v) is 6.31. The molecule has 1 aliphatic rings. The van der Waals surface area contributed by atoms with Gasteiger partial charge in [-0.2, -0.15) is 5.26 Å². The van der Waals surface area contributed by atoms with E-state index < -0.39 is 0 Å². The molecule has 0 aliphatic carbocycles. The first-order chi connectivity index (χ1) is 8.63. The molecule has 2 N–H and O–H groups in total. The van der Waals surface area contributed by atoms with E-state index in [-0.39, 0.29) is 5.82 Å². The predicted molar refractivity (Wildman–Crippen MR) is 69.7 cm³/mol. The summed E-state index contributed by atoms with van der Waals surface area (Å²) in [6, 6.07) is 6.87. The van der Waals surface area contributed by atoms with Crippen LogP contribution < -0.4 is 10.6 Å². The van der Waals surface area contributed by atoms with E-state index in [9.17, 15) is 4.39 Å². The zero-order valence-corrected chi connectivity index (χ0v) is 10.6. The molecular formula is C14H18FN3. The minimum absolute atomic E-state index is 0.355. The van der Waals surface area contributed by atoms with Gasteiger partial charge in [-0.1, -0.05) is 0 Å². The van der Waals surface area contributed by atoms with Gasteiger partial charge in [0.2, 0.25) is 0 Å². The molecule has 0 saturated carbocycles. The lowest BCUT2D eigenvalue weighted by Crippen LogP contribution is -2.44. The van der Waals surface area contributed by atoms with Crippen LogP contribution in [0.5, 0.6) is 0 Å². The highest BCUT2D eigenvalue weighted by Crippen LogP contribution is 2.28. The molecule has 18 heavy (non-hydrogen) atoms. The molecule has 0 spiro atoms. The third-order valence-electron chi connectivity index (χ3n) is 3.66. The Labute approximate surface area is 107 Å². The van der Waals surface area contributed by atoms with E-state index in [1.165, 1.54) is 12.1 Å². The summed E-state index contributed by atoms with van der Waals surface area (Å²) >= 11 is 0. The summed E-state index contributed by atoms with van der Waals surface area (Å²) in [4.78, 5) is 2.16. The Morgan fingerprint density at radius 3 is 2.89 bits per heavy atom. The monoisotopic (exact) mass is 247 g/mol. The molecule has 1 aromatic rings. The molecule has 0 bridgehead atoms. The van der Waals surface area contributed by atoms with Crippen LogP contribution in [0, 0.1) is 23.1 Å². The molecule has 1 saturated heterocycles. The Balaban J connectivity index is 2.29. The first-order valence-electron chi connectivity index (χ1n) is 6.31. The van der Waals surface area contributed by atoms with Crippen molar-refractivity contribution in [2.24, 2.45) is 11.7 Å². The van der Waals surface area contributed by atoms with E-state index in [2.05, 4.69) is 11.8 Å². The molecular weight excluding hydrogens is 229 g/mol. The van der Waals surface area contributed by atoms with Crippen molar-refractivity contribution in [1.82, 2.24) is 0 Å². The minimum atomic E-state index is -0.355. The minimum Gasteiger partial charge on any atom is -0.368 e. The summed E-state index contributed by atoms with van der Waals surface area (Å²) in [5.74, 6) is 0.0983. The number of benzene rings is 1. The number of nitrogens with two attached hydrogens (primary N) is 1. The molecule has 0 amide bonds. The number of nitrogens with zero attached hydrogens (tertiary/aromatic N) is 2. The van der Waals surface area contributed by atoms with Gasteiger partial charge in [0.1, 0.15) is 5.82 Å². The third kappa shape index (κ3) is 2.62. The standard InChI is InChI=1S/C14H18FN3/c1-10-2-3-11(7-16)9-18(10)14-5-12(8-17)4-13(15)6-14/h4-6,10-11H,2-3,7,9,16H2,1H3. The van der Waals surface area contributed by atoms with Crippen LogP contribution in [-0.2, 0) is 0 Å². The number of halogens is 1. The molecule has 0 radical (unpaired) electrons. The van der Waals surface area contributed by atoms with Crippen molar-refractivity contribution >= 4 is 5.69 Å². The molecule has 0 aromatic heterocycles. The fourth-order valence-electron chi connectivity index (χ4n) is 2.54. The maximum absolute atomic E-state index is 13.5. The summed E-state index contributed by atoms with van der Waals surface area (Å²) in [6.45, 7) is 3.62.